The third-order valence-corrected chi connectivity index (χ3v) is 8.61. The number of hydrogen-bond acceptors (Lipinski definition) is 13. The van der Waals surface area contributed by atoms with Crippen molar-refractivity contribution in [1.82, 2.24) is 24.6 Å². The number of hydrazine groups is 1. The van der Waals surface area contributed by atoms with Gasteiger partial charge in [0.1, 0.15) is 18.4 Å². The van der Waals surface area contributed by atoms with Gasteiger partial charge in [0.15, 0.2) is 35.0 Å². The highest BCUT2D eigenvalue weighted by Crippen LogP contribution is 2.52. The molecule has 1 aliphatic rings. The number of benzene rings is 1. The molecule has 1 saturated heterocycles. The predicted molar refractivity (Wildman–Crippen MR) is 148 cm³/mol. The molecule has 1 fully saturated rings. The predicted octanol–water partition coefficient (Wildman–Crippen LogP) is 1.86. The highest BCUT2D eigenvalue weighted by atomic mass is 32.5. The number of aliphatic hydroxyl groups is 1. The molecule has 1 aliphatic heterocycles. The van der Waals surface area contributed by atoms with Gasteiger partial charge in [-0.3, -0.25) is 14.4 Å². The number of carbonyl (C=O) groups is 1. The second kappa shape index (κ2) is 11.7. The van der Waals surface area contributed by atoms with Crippen LogP contribution in [0.25, 0.3) is 11.2 Å². The number of hydrogen-bond donors (Lipinski definition) is 4. The SMILES string of the molecule is CCOC(=O)[C@H](C)N[P@](=S)(OC[C@@]1(F)O[C@@H](n2cnc3c(N(C)N)nc(N)nc32)[C@](C)(F)[C@@H]1O)Oc1ccccc1. The van der Waals surface area contributed by atoms with Gasteiger partial charge in [-0.25, -0.2) is 24.7 Å². The summed E-state index contributed by atoms with van der Waals surface area (Å²) >= 11 is 5.56. The zero-order valence-corrected chi connectivity index (χ0v) is 24.3. The fraction of sp³-hybridized carbons (Fsp3) is 0.478. The fourth-order valence-corrected chi connectivity index (χ4v) is 6.53. The molecule has 224 valence electrons. The van der Waals surface area contributed by atoms with Crippen LogP contribution in [0.5, 0.6) is 5.75 Å². The lowest BCUT2D eigenvalue weighted by Crippen LogP contribution is -2.47. The average molecular weight is 617 g/mol. The van der Waals surface area contributed by atoms with E-state index in [-0.39, 0.29) is 35.3 Å². The van der Waals surface area contributed by atoms with Crippen LogP contribution < -0.4 is 26.2 Å². The molecule has 0 spiro atoms. The van der Waals surface area contributed by atoms with Crippen molar-refractivity contribution in [3.8, 4) is 5.75 Å². The molecular weight excluding hydrogens is 585 g/mol. The van der Waals surface area contributed by atoms with E-state index in [1.165, 1.54) is 14.0 Å². The van der Waals surface area contributed by atoms with Crippen LogP contribution in [0.3, 0.4) is 0 Å². The summed E-state index contributed by atoms with van der Waals surface area (Å²) in [6.45, 7) is -0.644. The Morgan fingerprint density at radius 2 is 2.05 bits per heavy atom. The Kier molecular flexibility index (Phi) is 8.80. The van der Waals surface area contributed by atoms with Crippen molar-refractivity contribution in [3.05, 3.63) is 36.7 Å². The summed E-state index contributed by atoms with van der Waals surface area (Å²) in [5.41, 5.74) is 3.18. The number of alkyl halides is 2. The minimum Gasteiger partial charge on any atom is -0.465 e. The van der Waals surface area contributed by atoms with Crippen molar-refractivity contribution in [2.24, 2.45) is 5.84 Å². The lowest BCUT2D eigenvalue weighted by atomic mass is 9.97. The molecule has 18 heteroatoms. The van der Waals surface area contributed by atoms with E-state index in [0.717, 1.165) is 22.8 Å². The molecule has 0 aliphatic carbocycles. The molecule has 41 heavy (non-hydrogen) atoms. The van der Waals surface area contributed by atoms with E-state index in [1.54, 1.807) is 37.3 Å². The number of para-hydroxylation sites is 1. The first-order chi connectivity index (χ1) is 19.2. The van der Waals surface area contributed by atoms with Crippen molar-refractivity contribution >= 4 is 47.3 Å². The third-order valence-electron chi connectivity index (χ3n) is 6.13. The van der Waals surface area contributed by atoms with Crippen molar-refractivity contribution in [2.45, 2.75) is 50.7 Å². The molecule has 14 nitrogen and oxygen atoms in total. The summed E-state index contributed by atoms with van der Waals surface area (Å²) in [5, 5.41) is 14.7. The number of anilines is 2. The molecule has 3 heterocycles. The number of imidazole rings is 1. The molecule has 3 aromatic rings. The Hall–Kier alpha value is -3.05. The maximum absolute atomic E-state index is 16.3. The lowest BCUT2D eigenvalue weighted by molar-refractivity contribution is -0.202. The summed E-state index contributed by atoms with van der Waals surface area (Å²) < 4.78 is 55.3. The van der Waals surface area contributed by atoms with Crippen LogP contribution in [0, 0.1) is 0 Å². The number of nitrogens with zero attached hydrogens (tertiary/aromatic N) is 5. The molecule has 0 saturated carbocycles. The second-order valence-electron chi connectivity index (χ2n) is 9.43. The van der Waals surface area contributed by atoms with E-state index in [0.29, 0.717) is 0 Å². The number of esters is 1. The number of aromatic nitrogens is 4. The van der Waals surface area contributed by atoms with E-state index in [4.69, 9.17) is 41.9 Å². The molecule has 0 radical (unpaired) electrons. The first-order valence-electron chi connectivity index (χ1n) is 12.4. The van der Waals surface area contributed by atoms with Crippen LogP contribution in [0.2, 0.25) is 0 Å². The standard InChI is InChI=1S/C23H31F2N8O6PS/c1-5-36-18(34)13(2)31-40(41,39-14-9-7-6-8-10-14)37-11-23(25)19(35)22(3,24)20(38-23)33-12-28-15-16(32(4)27)29-21(26)30-17(15)33/h6-10,12-13,19-20,35H,5,11,27H2,1-4H3,(H,31,41)(H2,26,29,30)/t13-,19-,20+,22+,23+,40-/m0/s1. The van der Waals surface area contributed by atoms with E-state index in [1.807, 2.05) is 0 Å². The smallest absolute Gasteiger partial charge is 0.323 e. The normalized spacial score (nSPS) is 26.4. The molecule has 6 N–H and O–H groups in total. The molecule has 0 unspecified atom stereocenters. The van der Waals surface area contributed by atoms with E-state index < -0.39 is 49.1 Å². The van der Waals surface area contributed by atoms with Crippen molar-refractivity contribution < 1.29 is 37.2 Å². The Morgan fingerprint density at radius 3 is 2.68 bits per heavy atom. The van der Waals surface area contributed by atoms with Crippen molar-refractivity contribution in [1.29, 1.82) is 0 Å². The average Bonchev–Trinajstić information content (AvgIpc) is 3.40. The molecule has 0 bridgehead atoms. The fourth-order valence-electron chi connectivity index (χ4n) is 4.14. The number of fused-ring (bicyclic) bond motifs is 1. The highest BCUT2D eigenvalue weighted by Gasteiger charge is 2.65. The molecule has 1 aromatic carbocycles. The van der Waals surface area contributed by atoms with Gasteiger partial charge in [0.25, 0.3) is 5.85 Å². The van der Waals surface area contributed by atoms with Gasteiger partial charge in [-0.15, -0.1) is 0 Å². The van der Waals surface area contributed by atoms with Gasteiger partial charge in [0, 0.05) is 7.05 Å². The molecule has 6 atom stereocenters. The van der Waals surface area contributed by atoms with Crippen LogP contribution in [0.15, 0.2) is 36.7 Å². The highest BCUT2D eigenvalue weighted by molar-refractivity contribution is 8.09. The van der Waals surface area contributed by atoms with Gasteiger partial charge < -0.3 is 29.4 Å². The monoisotopic (exact) mass is 616 g/mol. The van der Waals surface area contributed by atoms with Gasteiger partial charge in [0.05, 0.1) is 12.9 Å². The Balaban J connectivity index is 1.63. The Labute approximate surface area is 239 Å². The zero-order valence-electron chi connectivity index (χ0n) is 22.6. The summed E-state index contributed by atoms with van der Waals surface area (Å²) in [5.74, 6) is 2.20. The molecule has 0 amide bonds. The number of halogens is 2. The maximum Gasteiger partial charge on any atom is 0.323 e. The number of nitrogens with two attached hydrogens (primary N) is 2. The molecule has 2 aromatic heterocycles. The lowest BCUT2D eigenvalue weighted by Gasteiger charge is -2.30. The van der Waals surface area contributed by atoms with Gasteiger partial charge in [-0.2, -0.15) is 9.97 Å². The van der Waals surface area contributed by atoms with Crippen molar-refractivity contribution in [3.63, 3.8) is 0 Å². The maximum atomic E-state index is 16.3. The quantitative estimate of drug-likeness (QED) is 0.106. The van der Waals surface area contributed by atoms with Crippen molar-refractivity contribution in [2.75, 3.05) is 31.0 Å². The van der Waals surface area contributed by atoms with Gasteiger partial charge in [-0.1, -0.05) is 18.2 Å². The number of aliphatic hydroxyl groups excluding tert-OH is 1. The Morgan fingerprint density at radius 1 is 1.37 bits per heavy atom. The minimum absolute atomic E-state index is 0.0153. The first-order valence-corrected chi connectivity index (χ1v) is 15.0. The topological polar surface area (TPSA) is 185 Å². The zero-order chi connectivity index (χ0) is 30.2. The number of carbonyl (C=O) groups excluding carboxylic acids is 1. The van der Waals surface area contributed by atoms with Gasteiger partial charge >= 0.3 is 12.6 Å². The van der Waals surface area contributed by atoms with E-state index in [2.05, 4.69) is 20.0 Å². The minimum atomic E-state index is -3.73. The third kappa shape index (κ3) is 6.25. The van der Waals surface area contributed by atoms with E-state index in [9.17, 15) is 9.90 Å². The van der Waals surface area contributed by atoms with Crippen LogP contribution >= 0.6 is 6.64 Å². The number of nitrogen functional groups attached to an aromatic ring is 1. The number of ether oxygens (including phenoxy) is 2. The summed E-state index contributed by atoms with van der Waals surface area (Å²) in [4.78, 5) is 24.5. The number of rotatable bonds is 11. The Bertz CT molecular complexity index is 1450. The second-order valence-corrected chi connectivity index (χ2v) is 12.6. The van der Waals surface area contributed by atoms with Gasteiger partial charge in [-0.05, 0) is 44.7 Å². The largest absolute Gasteiger partial charge is 0.465 e. The van der Waals surface area contributed by atoms with Gasteiger partial charge in [0.2, 0.25) is 5.95 Å². The molecular formula is C23H31F2N8O6PS. The summed E-state index contributed by atoms with van der Waals surface area (Å²) in [6.07, 6.45) is -3.00. The summed E-state index contributed by atoms with van der Waals surface area (Å²) in [6, 6.07) is 7.22. The summed E-state index contributed by atoms with van der Waals surface area (Å²) in [7, 11) is 1.48. The first kappa shape index (κ1) is 30.9. The van der Waals surface area contributed by atoms with E-state index >= 15 is 8.78 Å². The van der Waals surface area contributed by atoms with Crippen LogP contribution in [0.1, 0.15) is 27.0 Å². The van der Waals surface area contributed by atoms with Crippen LogP contribution in [0.4, 0.5) is 20.5 Å². The molecule has 4 rings (SSSR count). The van der Waals surface area contributed by atoms with Crippen LogP contribution in [-0.2, 0) is 30.6 Å². The number of nitrogens with one attached hydrogen (secondary N) is 1. The van der Waals surface area contributed by atoms with Crippen LogP contribution in [-0.4, -0.2) is 74.5 Å².